The molecule has 3 aromatic heterocycles. The fourth-order valence-corrected chi connectivity index (χ4v) is 10.1. The van der Waals surface area contributed by atoms with Gasteiger partial charge in [-0.25, -0.2) is 15.0 Å². The van der Waals surface area contributed by atoms with Crippen LogP contribution in [0.3, 0.4) is 0 Å². The van der Waals surface area contributed by atoms with Crippen molar-refractivity contribution in [3.8, 4) is 73.2 Å². The predicted molar refractivity (Wildman–Crippen MR) is 260 cm³/mol. The number of para-hydroxylation sites is 1. The van der Waals surface area contributed by atoms with Crippen LogP contribution in [-0.4, -0.2) is 19.5 Å². The second-order valence-electron chi connectivity index (χ2n) is 15.6. The van der Waals surface area contributed by atoms with Crippen molar-refractivity contribution in [2.75, 3.05) is 0 Å². The Hall–Kier alpha value is -7.99. The van der Waals surface area contributed by atoms with E-state index in [0.717, 1.165) is 44.5 Å². The van der Waals surface area contributed by atoms with E-state index in [1.54, 1.807) is 0 Å². The van der Waals surface area contributed by atoms with Gasteiger partial charge in [0.1, 0.15) is 0 Å². The van der Waals surface area contributed by atoms with E-state index < -0.39 is 0 Å². The molecular formula is C57H36N4S. The first-order chi connectivity index (χ1) is 30.7. The van der Waals surface area contributed by atoms with E-state index in [-0.39, 0.29) is 0 Å². The molecule has 3 heterocycles. The number of hydrogen-bond donors (Lipinski definition) is 0. The van der Waals surface area contributed by atoms with Gasteiger partial charge in [0.15, 0.2) is 17.5 Å². The molecule has 0 amide bonds. The Morgan fingerprint density at radius 1 is 0.306 bits per heavy atom. The first-order valence-electron chi connectivity index (χ1n) is 20.8. The van der Waals surface area contributed by atoms with Crippen molar-refractivity contribution in [3.05, 3.63) is 218 Å². The normalized spacial score (nSPS) is 11.5. The lowest BCUT2D eigenvalue weighted by Gasteiger charge is -2.16. The molecule has 0 unspecified atom stereocenters. The lowest BCUT2D eigenvalue weighted by Crippen LogP contribution is -2.02. The van der Waals surface area contributed by atoms with Gasteiger partial charge in [-0.1, -0.05) is 170 Å². The molecule has 0 bridgehead atoms. The molecule has 12 rings (SSSR count). The average molecular weight is 809 g/mol. The molecular weight excluding hydrogens is 773 g/mol. The predicted octanol–water partition coefficient (Wildman–Crippen LogP) is 15.3. The van der Waals surface area contributed by atoms with Gasteiger partial charge in [-0.15, -0.1) is 11.3 Å². The number of rotatable bonds is 7. The van der Waals surface area contributed by atoms with Gasteiger partial charge in [-0.05, 0) is 76.3 Å². The molecule has 0 fully saturated rings. The molecule has 4 nitrogen and oxygen atoms in total. The number of aromatic nitrogens is 4. The highest BCUT2D eigenvalue weighted by molar-refractivity contribution is 7.26. The zero-order chi connectivity index (χ0) is 41.0. The van der Waals surface area contributed by atoms with Crippen LogP contribution in [0.2, 0.25) is 0 Å². The number of hydrogen-bond acceptors (Lipinski definition) is 4. The van der Waals surface area contributed by atoms with Gasteiger partial charge in [-0.3, -0.25) is 0 Å². The van der Waals surface area contributed by atoms with Gasteiger partial charge >= 0.3 is 0 Å². The van der Waals surface area contributed by atoms with Crippen LogP contribution in [0.4, 0.5) is 0 Å². The summed E-state index contributed by atoms with van der Waals surface area (Å²) >= 11 is 1.88. The summed E-state index contributed by atoms with van der Waals surface area (Å²) in [6.07, 6.45) is 0. The molecule has 0 radical (unpaired) electrons. The topological polar surface area (TPSA) is 43.6 Å². The first kappa shape index (κ1) is 35.9. The maximum Gasteiger partial charge on any atom is 0.164 e. The SMILES string of the molecule is c1ccc(-c2nc(-c3ccccc3)nc(-c3ccc(-n4c5ccccc5c5cc(-c6ccc7sc8c(-c9ccccc9)cccc8c7c6)ccc54)c(-c4ccccc4)c3)n2)cc1. The van der Waals surface area contributed by atoms with Gasteiger partial charge in [0, 0.05) is 53.2 Å². The minimum absolute atomic E-state index is 0.625. The lowest BCUT2D eigenvalue weighted by molar-refractivity contribution is 1.07. The van der Waals surface area contributed by atoms with Gasteiger partial charge in [0.05, 0.1) is 16.7 Å². The Morgan fingerprint density at radius 3 is 1.47 bits per heavy atom. The summed E-state index contributed by atoms with van der Waals surface area (Å²) in [6, 6.07) is 77.6. The fraction of sp³-hybridized carbons (Fsp3) is 0. The van der Waals surface area contributed by atoms with Crippen molar-refractivity contribution in [1.29, 1.82) is 0 Å². The quantitative estimate of drug-likeness (QED) is 0.161. The third kappa shape index (κ3) is 6.18. The largest absolute Gasteiger partial charge is 0.309 e. The fourth-order valence-electron chi connectivity index (χ4n) is 8.89. The lowest BCUT2D eigenvalue weighted by atomic mass is 9.99. The van der Waals surface area contributed by atoms with Crippen LogP contribution in [0.1, 0.15) is 0 Å². The van der Waals surface area contributed by atoms with Crippen molar-refractivity contribution >= 4 is 53.3 Å². The summed E-state index contributed by atoms with van der Waals surface area (Å²) in [5.74, 6) is 1.91. The van der Waals surface area contributed by atoms with E-state index in [2.05, 4.69) is 162 Å². The van der Waals surface area contributed by atoms with Crippen LogP contribution in [-0.2, 0) is 0 Å². The molecule has 0 atom stereocenters. The summed E-state index contributed by atoms with van der Waals surface area (Å²) in [5, 5.41) is 5.01. The summed E-state index contributed by atoms with van der Waals surface area (Å²) in [4.78, 5) is 15.1. The number of benzene rings is 9. The molecule has 9 aromatic carbocycles. The molecule has 12 aromatic rings. The Balaban J connectivity index is 1.02. The molecule has 0 N–H and O–H groups in total. The van der Waals surface area contributed by atoms with Crippen molar-refractivity contribution in [2.45, 2.75) is 0 Å². The summed E-state index contributed by atoms with van der Waals surface area (Å²) < 4.78 is 5.04. The van der Waals surface area contributed by atoms with Crippen LogP contribution in [0.25, 0.3) is 115 Å². The van der Waals surface area contributed by atoms with Crippen LogP contribution < -0.4 is 0 Å². The molecule has 62 heavy (non-hydrogen) atoms. The second kappa shape index (κ2) is 14.9. The zero-order valence-electron chi connectivity index (χ0n) is 33.5. The van der Waals surface area contributed by atoms with Gasteiger partial charge < -0.3 is 4.57 Å². The Labute approximate surface area is 362 Å². The van der Waals surface area contributed by atoms with E-state index in [1.807, 2.05) is 72.0 Å². The summed E-state index contributed by atoms with van der Waals surface area (Å²) in [5.41, 5.74) is 13.3. The van der Waals surface area contributed by atoms with Crippen molar-refractivity contribution < 1.29 is 0 Å². The molecule has 5 heteroatoms. The van der Waals surface area contributed by atoms with E-state index in [9.17, 15) is 0 Å². The zero-order valence-corrected chi connectivity index (χ0v) is 34.3. The minimum atomic E-state index is 0.625. The third-order valence-corrected chi connectivity index (χ3v) is 13.1. The standard InChI is InChI=1S/C57H36N4S/c1-5-16-37(17-6-1)44-25-15-26-46-49-35-42(30-33-53(49)62-54(44)46)41-28-31-52-48(34-41)45-24-13-14-27-50(45)61(52)51-32-29-43(36-47(51)38-18-7-2-8-19-38)57-59-55(39-20-9-3-10-21-39)58-56(60-57)40-22-11-4-12-23-40/h1-36H. The molecule has 0 aliphatic rings. The van der Waals surface area contributed by atoms with Crippen molar-refractivity contribution in [2.24, 2.45) is 0 Å². The average Bonchev–Trinajstić information content (AvgIpc) is 3.90. The molecule has 0 aliphatic heterocycles. The Kier molecular flexibility index (Phi) is 8.65. The highest BCUT2D eigenvalue weighted by atomic mass is 32.1. The van der Waals surface area contributed by atoms with Crippen molar-refractivity contribution in [3.63, 3.8) is 0 Å². The van der Waals surface area contributed by atoms with E-state index in [4.69, 9.17) is 15.0 Å². The maximum atomic E-state index is 5.09. The highest BCUT2D eigenvalue weighted by Crippen LogP contribution is 2.43. The number of thiophene rings is 1. The number of fused-ring (bicyclic) bond motifs is 6. The van der Waals surface area contributed by atoms with Crippen LogP contribution >= 0.6 is 11.3 Å². The Morgan fingerprint density at radius 2 is 0.806 bits per heavy atom. The van der Waals surface area contributed by atoms with Gasteiger partial charge in [0.25, 0.3) is 0 Å². The third-order valence-electron chi connectivity index (χ3n) is 11.9. The maximum absolute atomic E-state index is 5.09. The first-order valence-corrected chi connectivity index (χ1v) is 21.7. The van der Waals surface area contributed by atoms with E-state index in [1.165, 1.54) is 53.2 Å². The van der Waals surface area contributed by atoms with Crippen LogP contribution in [0.15, 0.2) is 218 Å². The Bertz CT molecular complexity index is 3560. The van der Waals surface area contributed by atoms with E-state index >= 15 is 0 Å². The molecule has 290 valence electrons. The summed E-state index contributed by atoms with van der Waals surface area (Å²) in [7, 11) is 0. The smallest absolute Gasteiger partial charge is 0.164 e. The van der Waals surface area contributed by atoms with E-state index in [0.29, 0.717) is 17.5 Å². The minimum Gasteiger partial charge on any atom is -0.309 e. The number of nitrogens with zero attached hydrogens (tertiary/aromatic N) is 4. The summed E-state index contributed by atoms with van der Waals surface area (Å²) in [6.45, 7) is 0. The monoisotopic (exact) mass is 808 g/mol. The van der Waals surface area contributed by atoms with Gasteiger partial charge in [-0.2, -0.15) is 0 Å². The van der Waals surface area contributed by atoms with Crippen LogP contribution in [0.5, 0.6) is 0 Å². The molecule has 0 spiro atoms. The van der Waals surface area contributed by atoms with Crippen LogP contribution in [0, 0.1) is 0 Å². The highest BCUT2D eigenvalue weighted by Gasteiger charge is 2.20. The molecule has 0 saturated heterocycles. The van der Waals surface area contributed by atoms with Gasteiger partial charge in [0.2, 0.25) is 0 Å². The van der Waals surface area contributed by atoms with Crippen molar-refractivity contribution in [1.82, 2.24) is 19.5 Å². The molecule has 0 saturated carbocycles. The molecule has 0 aliphatic carbocycles. The second-order valence-corrected chi connectivity index (χ2v) is 16.6.